The highest BCUT2D eigenvalue weighted by molar-refractivity contribution is 5.64. The van der Waals surface area contributed by atoms with Crippen molar-refractivity contribution < 1.29 is 9.90 Å². The number of amides is 1. The third-order valence-electron chi connectivity index (χ3n) is 1.58. The summed E-state index contributed by atoms with van der Waals surface area (Å²) in [5.74, 6) is 0. The number of H-pyrrole nitrogens is 1. The van der Waals surface area contributed by atoms with Gasteiger partial charge in [0.15, 0.2) is 0 Å². The molecule has 0 spiro atoms. The van der Waals surface area contributed by atoms with Gasteiger partial charge in [0.25, 0.3) is 5.56 Å². The van der Waals surface area contributed by atoms with E-state index in [9.17, 15) is 9.59 Å². The number of carboxylic acid groups (broad SMARTS) is 1. The van der Waals surface area contributed by atoms with Crippen LogP contribution in [0.1, 0.15) is 12.1 Å². The molecule has 1 rings (SSSR count). The van der Waals surface area contributed by atoms with Crippen LogP contribution in [-0.4, -0.2) is 27.7 Å². The fourth-order valence-corrected chi connectivity index (χ4v) is 0.941. The molecule has 1 amide bonds. The van der Waals surface area contributed by atoms with E-state index in [4.69, 9.17) is 5.11 Å². The van der Waals surface area contributed by atoms with E-state index in [1.165, 1.54) is 12.4 Å². The van der Waals surface area contributed by atoms with Gasteiger partial charge >= 0.3 is 6.09 Å². The van der Waals surface area contributed by atoms with Gasteiger partial charge in [0.2, 0.25) is 0 Å². The van der Waals surface area contributed by atoms with E-state index < -0.39 is 6.09 Å². The van der Waals surface area contributed by atoms with Crippen molar-refractivity contribution >= 4 is 12.2 Å². The number of aromatic nitrogens is 2. The quantitative estimate of drug-likeness (QED) is 0.627. The van der Waals surface area contributed by atoms with Crippen LogP contribution in [0, 0.1) is 0 Å². The van der Waals surface area contributed by atoms with E-state index in [2.05, 4.69) is 15.3 Å². The van der Waals surface area contributed by atoms with Crippen LogP contribution in [0.15, 0.2) is 23.3 Å². The van der Waals surface area contributed by atoms with Crippen molar-refractivity contribution in [2.75, 3.05) is 6.54 Å². The molecule has 0 saturated heterocycles. The molecule has 1 aromatic rings. The van der Waals surface area contributed by atoms with Crippen molar-refractivity contribution in [2.24, 2.45) is 0 Å². The number of nitrogens with one attached hydrogen (secondary N) is 2. The number of hydrogen-bond donors (Lipinski definition) is 3. The van der Waals surface area contributed by atoms with Crippen LogP contribution < -0.4 is 10.9 Å². The first kappa shape index (κ1) is 11.0. The minimum absolute atomic E-state index is 0.215. The van der Waals surface area contributed by atoms with Crippen LogP contribution >= 0.6 is 0 Å². The van der Waals surface area contributed by atoms with Crippen LogP contribution in [0.5, 0.6) is 0 Å². The molecule has 0 saturated carbocycles. The van der Waals surface area contributed by atoms with Crippen molar-refractivity contribution in [3.63, 3.8) is 0 Å². The highest BCUT2D eigenvalue weighted by atomic mass is 16.4. The molecular formula is C9H11N3O3. The lowest BCUT2D eigenvalue weighted by atomic mass is 10.3. The maximum Gasteiger partial charge on any atom is 0.404 e. The fourth-order valence-electron chi connectivity index (χ4n) is 0.941. The molecule has 0 radical (unpaired) electrons. The first-order valence-electron chi connectivity index (χ1n) is 4.36. The smallest absolute Gasteiger partial charge is 0.404 e. The molecule has 0 atom stereocenters. The summed E-state index contributed by atoms with van der Waals surface area (Å²) < 4.78 is 0. The number of hydrogen-bond acceptors (Lipinski definition) is 3. The predicted molar refractivity (Wildman–Crippen MR) is 54.5 cm³/mol. The summed E-state index contributed by atoms with van der Waals surface area (Å²) in [6, 6.07) is 1.36. The Morgan fingerprint density at radius 3 is 3.13 bits per heavy atom. The zero-order valence-electron chi connectivity index (χ0n) is 7.93. The Hall–Kier alpha value is -2.11. The maximum atomic E-state index is 10.8. The van der Waals surface area contributed by atoms with Gasteiger partial charge in [-0.2, -0.15) is 0 Å². The van der Waals surface area contributed by atoms with Gasteiger partial charge in [0, 0.05) is 12.6 Å². The maximum absolute atomic E-state index is 10.8. The summed E-state index contributed by atoms with van der Waals surface area (Å²) in [7, 11) is 0. The molecule has 1 aromatic heterocycles. The summed E-state index contributed by atoms with van der Waals surface area (Å²) in [4.78, 5) is 27.2. The Morgan fingerprint density at radius 2 is 2.47 bits per heavy atom. The summed E-state index contributed by atoms with van der Waals surface area (Å²) in [6.45, 7) is 0.342. The van der Waals surface area contributed by atoms with E-state index in [0.29, 0.717) is 18.7 Å². The van der Waals surface area contributed by atoms with Gasteiger partial charge in [-0.1, -0.05) is 6.08 Å². The number of rotatable bonds is 4. The monoisotopic (exact) mass is 209 g/mol. The first-order chi connectivity index (χ1) is 7.18. The van der Waals surface area contributed by atoms with E-state index in [-0.39, 0.29) is 5.56 Å². The molecule has 80 valence electrons. The Labute approximate surface area is 85.7 Å². The number of carbonyl (C=O) groups is 1. The predicted octanol–water partition coefficient (Wildman–Crippen LogP) is 0.441. The van der Waals surface area contributed by atoms with Crippen molar-refractivity contribution in [3.8, 4) is 0 Å². The Morgan fingerprint density at radius 1 is 1.67 bits per heavy atom. The summed E-state index contributed by atoms with van der Waals surface area (Å²) in [5, 5.41) is 10.5. The van der Waals surface area contributed by atoms with Gasteiger partial charge in [0.05, 0.1) is 12.0 Å². The largest absolute Gasteiger partial charge is 0.465 e. The average Bonchev–Trinajstić information content (AvgIpc) is 2.17. The lowest BCUT2D eigenvalue weighted by Gasteiger charge is -1.95. The lowest BCUT2D eigenvalue weighted by molar-refractivity contribution is 0.194. The summed E-state index contributed by atoms with van der Waals surface area (Å²) >= 11 is 0. The summed E-state index contributed by atoms with van der Waals surface area (Å²) in [6.07, 6.45) is 4.24. The second kappa shape index (κ2) is 5.58. The van der Waals surface area contributed by atoms with Crippen molar-refractivity contribution in [1.82, 2.24) is 15.3 Å². The van der Waals surface area contributed by atoms with Gasteiger partial charge < -0.3 is 15.4 Å². The van der Waals surface area contributed by atoms with E-state index >= 15 is 0 Å². The molecule has 0 bridgehead atoms. The third-order valence-corrected chi connectivity index (χ3v) is 1.58. The third kappa shape index (κ3) is 4.61. The average molecular weight is 209 g/mol. The van der Waals surface area contributed by atoms with E-state index in [0.717, 1.165) is 0 Å². The van der Waals surface area contributed by atoms with Gasteiger partial charge in [-0.15, -0.1) is 0 Å². The zero-order valence-corrected chi connectivity index (χ0v) is 7.93. The number of aromatic amines is 1. The van der Waals surface area contributed by atoms with Gasteiger partial charge in [-0.25, -0.2) is 9.78 Å². The van der Waals surface area contributed by atoms with Crippen molar-refractivity contribution in [1.29, 1.82) is 0 Å². The molecule has 0 aliphatic carbocycles. The van der Waals surface area contributed by atoms with Crippen LogP contribution in [0.25, 0.3) is 6.08 Å². The molecule has 15 heavy (non-hydrogen) atoms. The van der Waals surface area contributed by atoms with Crippen LogP contribution in [-0.2, 0) is 0 Å². The van der Waals surface area contributed by atoms with Crippen LogP contribution in [0.3, 0.4) is 0 Å². The highest BCUT2D eigenvalue weighted by Gasteiger charge is 1.91. The molecule has 0 aromatic carbocycles. The second-order valence-electron chi connectivity index (χ2n) is 2.76. The summed E-state index contributed by atoms with van der Waals surface area (Å²) in [5.41, 5.74) is 0.336. The molecule has 0 unspecified atom stereocenters. The second-order valence-corrected chi connectivity index (χ2v) is 2.76. The first-order valence-corrected chi connectivity index (χ1v) is 4.36. The molecular weight excluding hydrogens is 198 g/mol. The fraction of sp³-hybridized carbons (Fsp3) is 0.222. The molecule has 3 N–H and O–H groups in total. The molecule has 1 heterocycles. The van der Waals surface area contributed by atoms with Gasteiger partial charge in [-0.05, 0) is 12.5 Å². The molecule has 6 nitrogen and oxygen atoms in total. The lowest BCUT2D eigenvalue weighted by Crippen LogP contribution is -2.21. The zero-order chi connectivity index (χ0) is 11.1. The van der Waals surface area contributed by atoms with E-state index in [1.807, 2.05) is 0 Å². The number of nitrogens with zero attached hydrogens (tertiary/aromatic N) is 1. The Balaban J connectivity index is 2.38. The highest BCUT2D eigenvalue weighted by Crippen LogP contribution is 1.93. The topological polar surface area (TPSA) is 95.1 Å². The normalized spacial score (nSPS) is 10.4. The van der Waals surface area contributed by atoms with Crippen molar-refractivity contribution in [3.05, 3.63) is 34.5 Å². The molecule has 0 aliphatic rings. The minimum atomic E-state index is -1.04. The van der Waals surface area contributed by atoms with Crippen LogP contribution in [0.4, 0.5) is 4.79 Å². The molecule has 0 fully saturated rings. The Bertz CT molecular complexity index is 411. The standard InChI is InChI=1S/C9H11N3O3/c13-8-5-7(11-6-12-8)3-1-2-4-10-9(14)15/h1,3,5-6,10H,2,4H2,(H,14,15)(H,11,12,13). The molecule has 6 heteroatoms. The minimum Gasteiger partial charge on any atom is -0.465 e. The Kier molecular flexibility index (Phi) is 4.08. The van der Waals surface area contributed by atoms with Gasteiger partial charge in [0.1, 0.15) is 0 Å². The van der Waals surface area contributed by atoms with Crippen molar-refractivity contribution in [2.45, 2.75) is 6.42 Å². The van der Waals surface area contributed by atoms with Crippen LogP contribution in [0.2, 0.25) is 0 Å². The van der Waals surface area contributed by atoms with Gasteiger partial charge in [-0.3, -0.25) is 4.79 Å². The SMILES string of the molecule is O=C(O)NCCC=Cc1cc(=O)[nH]cn1. The molecule has 0 aliphatic heterocycles. The van der Waals surface area contributed by atoms with E-state index in [1.54, 1.807) is 12.2 Å².